The first-order valence-electron chi connectivity index (χ1n) is 6.09. The lowest BCUT2D eigenvalue weighted by atomic mass is 9.73. The maximum absolute atomic E-state index is 2.41. The number of rotatable bonds is 2. The molecule has 2 unspecified atom stereocenters. The monoisotopic (exact) mass is 180 g/mol. The Kier molecular flexibility index (Phi) is 2.42. The van der Waals surface area contributed by atoms with Crippen molar-refractivity contribution < 1.29 is 0 Å². The van der Waals surface area contributed by atoms with Crippen LogP contribution < -0.4 is 0 Å². The summed E-state index contributed by atoms with van der Waals surface area (Å²) in [6.07, 6.45) is 4.65. The Balaban J connectivity index is 1.99. The van der Waals surface area contributed by atoms with Gasteiger partial charge in [-0.3, -0.25) is 0 Å². The van der Waals surface area contributed by atoms with E-state index in [4.69, 9.17) is 0 Å². The minimum atomic E-state index is 0.933. The van der Waals surface area contributed by atoms with Crippen molar-refractivity contribution in [2.75, 3.05) is 0 Å². The highest BCUT2D eigenvalue weighted by Crippen LogP contribution is 2.55. The predicted octanol–water partition coefficient (Wildman–Crippen LogP) is 3.96. The summed E-state index contributed by atoms with van der Waals surface area (Å²) in [4.78, 5) is 0. The summed E-state index contributed by atoms with van der Waals surface area (Å²) in [5, 5.41) is 0. The Bertz CT molecular complexity index is 160. The standard InChI is InChI=1S/C13H24/c1-8(2)12-6-11-5-10(12)7-13(11)9(3)4/h8-13H,5-7H2,1-4H3/t10?,11?,12-,13-/m1/s1. The first kappa shape index (κ1) is 9.55. The second-order valence-corrected chi connectivity index (χ2v) is 6.04. The highest BCUT2D eigenvalue weighted by atomic mass is 14.5. The lowest BCUT2D eigenvalue weighted by molar-refractivity contribution is 0.175. The molecule has 0 amide bonds. The van der Waals surface area contributed by atoms with Crippen molar-refractivity contribution in [2.24, 2.45) is 35.5 Å². The number of hydrogen-bond donors (Lipinski definition) is 0. The van der Waals surface area contributed by atoms with Crippen LogP contribution in [0, 0.1) is 35.5 Å². The van der Waals surface area contributed by atoms with E-state index < -0.39 is 0 Å². The van der Waals surface area contributed by atoms with Crippen molar-refractivity contribution in [3.8, 4) is 0 Å². The minimum Gasteiger partial charge on any atom is -0.0625 e. The van der Waals surface area contributed by atoms with Gasteiger partial charge in [-0.1, -0.05) is 27.7 Å². The Morgan fingerprint density at radius 1 is 0.692 bits per heavy atom. The molecule has 0 heteroatoms. The zero-order valence-corrected chi connectivity index (χ0v) is 9.59. The molecule has 4 atom stereocenters. The molecular weight excluding hydrogens is 156 g/mol. The van der Waals surface area contributed by atoms with E-state index in [1.807, 2.05) is 0 Å². The van der Waals surface area contributed by atoms with Gasteiger partial charge < -0.3 is 0 Å². The van der Waals surface area contributed by atoms with Crippen LogP contribution in [0.3, 0.4) is 0 Å². The van der Waals surface area contributed by atoms with E-state index in [1.165, 1.54) is 0 Å². The van der Waals surface area contributed by atoms with Gasteiger partial charge in [-0.25, -0.2) is 0 Å². The Morgan fingerprint density at radius 2 is 1.08 bits per heavy atom. The Hall–Kier alpha value is 0. The van der Waals surface area contributed by atoms with Gasteiger partial charge in [0.25, 0.3) is 0 Å². The van der Waals surface area contributed by atoms with Crippen LogP contribution in [0.15, 0.2) is 0 Å². The van der Waals surface area contributed by atoms with Crippen LogP contribution in [0.5, 0.6) is 0 Å². The summed E-state index contributed by atoms with van der Waals surface area (Å²) >= 11 is 0. The van der Waals surface area contributed by atoms with Crippen LogP contribution in [-0.4, -0.2) is 0 Å². The van der Waals surface area contributed by atoms with Crippen molar-refractivity contribution in [2.45, 2.75) is 47.0 Å². The molecule has 2 rings (SSSR count). The second kappa shape index (κ2) is 3.29. The predicted molar refractivity (Wildman–Crippen MR) is 57.5 cm³/mol. The van der Waals surface area contributed by atoms with Gasteiger partial charge in [0.2, 0.25) is 0 Å². The molecule has 13 heavy (non-hydrogen) atoms. The lowest BCUT2D eigenvalue weighted by Crippen LogP contribution is -2.24. The minimum absolute atomic E-state index is 0.933. The fourth-order valence-corrected chi connectivity index (χ4v) is 4.00. The molecule has 0 N–H and O–H groups in total. The summed E-state index contributed by atoms with van der Waals surface area (Å²) in [5.74, 6) is 6.20. The highest BCUT2D eigenvalue weighted by molar-refractivity contribution is 4.96. The normalized spacial score (nSPS) is 43.8. The van der Waals surface area contributed by atoms with Crippen LogP contribution in [0.4, 0.5) is 0 Å². The third kappa shape index (κ3) is 1.53. The molecule has 2 fully saturated rings. The van der Waals surface area contributed by atoms with Gasteiger partial charge in [-0.05, 0) is 54.8 Å². The molecule has 0 heterocycles. The van der Waals surface area contributed by atoms with Gasteiger partial charge in [0.1, 0.15) is 0 Å². The molecule has 2 bridgehead atoms. The zero-order valence-electron chi connectivity index (χ0n) is 9.59. The van der Waals surface area contributed by atoms with Gasteiger partial charge in [0, 0.05) is 0 Å². The molecule has 2 aliphatic rings. The molecule has 2 saturated carbocycles. The lowest BCUT2D eigenvalue weighted by Gasteiger charge is -2.32. The average molecular weight is 180 g/mol. The van der Waals surface area contributed by atoms with Crippen molar-refractivity contribution in [3.05, 3.63) is 0 Å². The Labute approximate surface area is 83.1 Å². The third-order valence-electron chi connectivity index (χ3n) is 4.68. The summed E-state index contributed by atoms with van der Waals surface area (Å²) in [5.41, 5.74) is 0. The highest BCUT2D eigenvalue weighted by Gasteiger charge is 2.46. The van der Waals surface area contributed by atoms with Crippen molar-refractivity contribution in [1.82, 2.24) is 0 Å². The molecule has 0 aromatic rings. The number of fused-ring (bicyclic) bond motifs is 2. The fraction of sp³-hybridized carbons (Fsp3) is 1.00. The molecule has 2 aliphatic carbocycles. The van der Waals surface area contributed by atoms with Crippen molar-refractivity contribution in [1.29, 1.82) is 0 Å². The first-order chi connectivity index (χ1) is 6.09. The topological polar surface area (TPSA) is 0 Å². The molecule has 0 aliphatic heterocycles. The maximum atomic E-state index is 2.41. The van der Waals surface area contributed by atoms with Crippen LogP contribution in [0.25, 0.3) is 0 Å². The molecule has 0 aromatic carbocycles. The summed E-state index contributed by atoms with van der Waals surface area (Å²) in [6, 6.07) is 0. The molecule has 0 spiro atoms. The largest absolute Gasteiger partial charge is 0.0625 e. The van der Waals surface area contributed by atoms with Gasteiger partial charge >= 0.3 is 0 Å². The first-order valence-corrected chi connectivity index (χ1v) is 6.09. The van der Waals surface area contributed by atoms with E-state index >= 15 is 0 Å². The maximum Gasteiger partial charge on any atom is -0.0360 e. The van der Waals surface area contributed by atoms with Crippen molar-refractivity contribution in [3.63, 3.8) is 0 Å². The van der Waals surface area contributed by atoms with E-state index in [2.05, 4.69) is 27.7 Å². The molecule has 0 nitrogen and oxygen atoms in total. The van der Waals surface area contributed by atoms with Gasteiger partial charge in [-0.15, -0.1) is 0 Å². The van der Waals surface area contributed by atoms with E-state index in [1.54, 1.807) is 19.3 Å². The quantitative estimate of drug-likeness (QED) is 0.603. The smallest absolute Gasteiger partial charge is 0.0360 e. The van der Waals surface area contributed by atoms with Crippen LogP contribution >= 0.6 is 0 Å². The van der Waals surface area contributed by atoms with Gasteiger partial charge in [-0.2, -0.15) is 0 Å². The van der Waals surface area contributed by atoms with Crippen LogP contribution in [0.2, 0.25) is 0 Å². The zero-order chi connectivity index (χ0) is 9.59. The molecule has 76 valence electrons. The third-order valence-corrected chi connectivity index (χ3v) is 4.68. The fourth-order valence-electron chi connectivity index (χ4n) is 4.00. The summed E-state index contributed by atoms with van der Waals surface area (Å²) in [7, 11) is 0. The number of hydrogen-bond acceptors (Lipinski definition) is 0. The molecule has 0 radical (unpaired) electrons. The average Bonchev–Trinajstić information content (AvgIpc) is 2.60. The second-order valence-electron chi connectivity index (χ2n) is 6.04. The van der Waals surface area contributed by atoms with Gasteiger partial charge in [0.05, 0.1) is 0 Å². The molecule has 0 aromatic heterocycles. The summed E-state index contributed by atoms with van der Waals surface area (Å²) in [6.45, 7) is 9.65. The van der Waals surface area contributed by atoms with Crippen LogP contribution in [-0.2, 0) is 0 Å². The van der Waals surface area contributed by atoms with Crippen LogP contribution in [0.1, 0.15) is 47.0 Å². The van der Waals surface area contributed by atoms with E-state index in [0.717, 1.165) is 35.5 Å². The van der Waals surface area contributed by atoms with E-state index in [0.29, 0.717) is 0 Å². The molecule has 0 saturated heterocycles. The summed E-state index contributed by atoms with van der Waals surface area (Å²) < 4.78 is 0. The van der Waals surface area contributed by atoms with E-state index in [-0.39, 0.29) is 0 Å². The van der Waals surface area contributed by atoms with Crippen molar-refractivity contribution >= 4 is 0 Å². The Morgan fingerprint density at radius 3 is 1.31 bits per heavy atom. The van der Waals surface area contributed by atoms with Gasteiger partial charge in [0.15, 0.2) is 0 Å². The SMILES string of the molecule is CC(C)[C@H]1CC2CC1C[C@@H]2C(C)C. The molecular formula is C13H24. The van der Waals surface area contributed by atoms with E-state index in [9.17, 15) is 0 Å².